The molecule has 0 bridgehead atoms. The van der Waals surface area contributed by atoms with E-state index in [0.29, 0.717) is 15.5 Å². The summed E-state index contributed by atoms with van der Waals surface area (Å²) in [5.41, 5.74) is 2.87. The van der Waals surface area contributed by atoms with E-state index in [1.807, 2.05) is 41.0 Å². The highest BCUT2D eigenvalue weighted by atomic mass is 79.9. The minimum absolute atomic E-state index is 0.554. The second-order valence-corrected chi connectivity index (χ2v) is 5.96. The first kappa shape index (κ1) is 13.7. The van der Waals surface area contributed by atoms with Crippen molar-refractivity contribution in [3.05, 3.63) is 50.7 Å². The summed E-state index contributed by atoms with van der Waals surface area (Å²) < 4.78 is 8.74. The van der Waals surface area contributed by atoms with Gasteiger partial charge in [-0.3, -0.25) is 4.57 Å². The molecule has 0 unspecified atom stereocenters. The summed E-state index contributed by atoms with van der Waals surface area (Å²) in [6.07, 6.45) is 0. The second-order valence-electron chi connectivity index (χ2n) is 4.25. The molecular weight excluding hydrogens is 360 g/mol. The molecule has 0 spiro atoms. The number of H-pyrrole nitrogens is 1. The molecule has 1 heterocycles. The molecule has 0 aliphatic rings. The Labute approximate surface area is 134 Å². The van der Waals surface area contributed by atoms with Crippen molar-refractivity contribution in [2.24, 2.45) is 0 Å². The number of hydrogen-bond donors (Lipinski definition) is 1. The van der Waals surface area contributed by atoms with Gasteiger partial charge in [0.15, 0.2) is 4.77 Å². The predicted octanol–water partition coefficient (Wildman–Crippen LogP) is 5.11. The Balaban J connectivity index is 2.26. The van der Waals surface area contributed by atoms with Crippen molar-refractivity contribution in [2.45, 2.75) is 0 Å². The normalized spacial score (nSPS) is 10.9. The summed E-state index contributed by atoms with van der Waals surface area (Å²) in [5, 5.41) is 0.554. The third-order valence-electron chi connectivity index (χ3n) is 3.04. The van der Waals surface area contributed by atoms with Gasteiger partial charge in [-0.05, 0) is 48.6 Å². The van der Waals surface area contributed by atoms with Crippen molar-refractivity contribution >= 4 is 50.8 Å². The van der Waals surface area contributed by atoms with Crippen LogP contribution >= 0.6 is 39.7 Å². The van der Waals surface area contributed by atoms with Crippen molar-refractivity contribution in [3.63, 3.8) is 0 Å². The van der Waals surface area contributed by atoms with Crippen LogP contribution in [-0.2, 0) is 0 Å². The Morgan fingerprint density at radius 3 is 2.75 bits per heavy atom. The third-order valence-corrected chi connectivity index (χ3v) is 4.11. The lowest BCUT2D eigenvalue weighted by Gasteiger charge is -2.08. The number of benzene rings is 2. The Bertz CT molecular complexity index is 856. The number of aromatic amines is 1. The molecule has 20 heavy (non-hydrogen) atoms. The van der Waals surface area contributed by atoms with Gasteiger partial charge in [-0.15, -0.1) is 0 Å². The molecule has 3 aromatic rings. The van der Waals surface area contributed by atoms with E-state index < -0.39 is 0 Å². The number of imidazole rings is 1. The van der Waals surface area contributed by atoms with E-state index in [1.54, 1.807) is 7.11 Å². The van der Waals surface area contributed by atoms with Crippen LogP contribution in [0.15, 0.2) is 40.9 Å². The molecule has 0 fully saturated rings. The third kappa shape index (κ3) is 2.26. The van der Waals surface area contributed by atoms with Crippen LogP contribution in [0.5, 0.6) is 5.75 Å². The van der Waals surface area contributed by atoms with Crippen LogP contribution < -0.4 is 4.74 Å². The number of nitrogens with one attached hydrogen (secondary N) is 1. The van der Waals surface area contributed by atoms with Crippen LogP contribution in [0.1, 0.15) is 0 Å². The molecule has 1 N–H and O–H groups in total. The van der Waals surface area contributed by atoms with Gasteiger partial charge in [0.2, 0.25) is 0 Å². The number of hydrogen-bond acceptors (Lipinski definition) is 2. The molecule has 2 aromatic carbocycles. The minimum Gasteiger partial charge on any atom is -0.495 e. The quantitative estimate of drug-likeness (QED) is 0.636. The van der Waals surface area contributed by atoms with Crippen LogP contribution in [0, 0.1) is 4.77 Å². The minimum atomic E-state index is 0.554. The molecule has 0 aliphatic carbocycles. The first-order chi connectivity index (χ1) is 9.60. The fourth-order valence-corrected chi connectivity index (χ4v) is 3.06. The van der Waals surface area contributed by atoms with Crippen molar-refractivity contribution < 1.29 is 4.74 Å². The molecule has 3 rings (SSSR count). The zero-order valence-electron chi connectivity index (χ0n) is 10.5. The largest absolute Gasteiger partial charge is 0.495 e. The van der Waals surface area contributed by atoms with Gasteiger partial charge >= 0.3 is 0 Å². The Hall–Kier alpha value is -1.30. The lowest BCUT2D eigenvalue weighted by atomic mass is 10.2. The van der Waals surface area contributed by atoms with Gasteiger partial charge in [0.25, 0.3) is 0 Å². The first-order valence-corrected chi connectivity index (χ1v) is 7.42. The summed E-state index contributed by atoms with van der Waals surface area (Å²) >= 11 is 15.0. The van der Waals surface area contributed by atoms with E-state index in [9.17, 15) is 0 Å². The van der Waals surface area contributed by atoms with Crippen molar-refractivity contribution in [1.29, 1.82) is 0 Å². The molecule has 0 saturated carbocycles. The smallest absolute Gasteiger partial charge is 0.182 e. The topological polar surface area (TPSA) is 29.9 Å². The van der Waals surface area contributed by atoms with Crippen LogP contribution in [0.2, 0.25) is 5.02 Å². The van der Waals surface area contributed by atoms with E-state index >= 15 is 0 Å². The average molecular weight is 370 g/mol. The molecule has 3 nitrogen and oxygen atoms in total. The van der Waals surface area contributed by atoms with Crippen molar-refractivity contribution in [2.75, 3.05) is 7.11 Å². The fraction of sp³-hybridized carbons (Fsp3) is 0.0714. The first-order valence-electron chi connectivity index (χ1n) is 5.84. The van der Waals surface area contributed by atoms with Gasteiger partial charge in [0.1, 0.15) is 5.75 Å². The zero-order chi connectivity index (χ0) is 14.3. The van der Waals surface area contributed by atoms with Crippen LogP contribution in [-0.4, -0.2) is 16.7 Å². The summed E-state index contributed by atoms with van der Waals surface area (Å²) in [6.45, 7) is 0. The average Bonchev–Trinajstić information content (AvgIpc) is 2.73. The van der Waals surface area contributed by atoms with Gasteiger partial charge < -0.3 is 9.72 Å². The number of fused-ring (bicyclic) bond motifs is 1. The van der Waals surface area contributed by atoms with E-state index in [4.69, 9.17) is 28.6 Å². The number of methoxy groups -OCH3 is 1. The molecular formula is C14H10BrClN2OS. The SMILES string of the molecule is COc1ccc(-n2c(=S)[nH]c3cc(Br)ccc32)cc1Cl. The molecule has 0 amide bonds. The molecule has 0 atom stereocenters. The van der Waals surface area contributed by atoms with Crippen LogP contribution in [0.4, 0.5) is 0 Å². The van der Waals surface area contributed by atoms with Crippen LogP contribution in [0.25, 0.3) is 16.7 Å². The van der Waals surface area contributed by atoms with Gasteiger partial charge in [-0.25, -0.2) is 0 Å². The second kappa shape index (κ2) is 5.24. The molecule has 0 aliphatic heterocycles. The summed E-state index contributed by atoms with van der Waals surface area (Å²) in [4.78, 5) is 3.19. The highest BCUT2D eigenvalue weighted by Crippen LogP contribution is 2.29. The Kier molecular flexibility index (Phi) is 3.58. The zero-order valence-corrected chi connectivity index (χ0v) is 13.6. The maximum absolute atomic E-state index is 6.19. The molecule has 102 valence electrons. The Morgan fingerprint density at radius 2 is 2.05 bits per heavy atom. The highest BCUT2D eigenvalue weighted by Gasteiger charge is 2.09. The van der Waals surface area contributed by atoms with E-state index in [0.717, 1.165) is 21.2 Å². The molecule has 0 radical (unpaired) electrons. The predicted molar refractivity (Wildman–Crippen MR) is 87.7 cm³/mol. The van der Waals surface area contributed by atoms with Crippen LogP contribution in [0.3, 0.4) is 0 Å². The summed E-state index contributed by atoms with van der Waals surface area (Å²) in [7, 11) is 1.59. The van der Waals surface area contributed by atoms with Gasteiger partial charge in [0, 0.05) is 4.47 Å². The number of nitrogens with zero attached hydrogens (tertiary/aromatic N) is 1. The summed E-state index contributed by atoms with van der Waals surface area (Å²) in [5.74, 6) is 0.643. The molecule has 0 saturated heterocycles. The summed E-state index contributed by atoms with van der Waals surface area (Å²) in [6, 6.07) is 11.6. The molecule has 6 heteroatoms. The van der Waals surface area contributed by atoms with Gasteiger partial charge in [-0.1, -0.05) is 27.5 Å². The maximum atomic E-state index is 6.19. The maximum Gasteiger partial charge on any atom is 0.182 e. The van der Waals surface area contributed by atoms with Crippen molar-refractivity contribution in [3.8, 4) is 11.4 Å². The number of rotatable bonds is 2. The number of aromatic nitrogens is 2. The Morgan fingerprint density at radius 1 is 1.25 bits per heavy atom. The lowest BCUT2D eigenvalue weighted by Crippen LogP contribution is -1.94. The highest BCUT2D eigenvalue weighted by molar-refractivity contribution is 9.10. The van der Waals surface area contributed by atoms with E-state index in [2.05, 4.69) is 20.9 Å². The van der Waals surface area contributed by atoms with Gasteiger partial charge in [-0.2, -0.15) is 0 Å². The lowest BCUT2D eigenvalue weighted by molar-refractivity contribution is 0.415. The fourth-order valence-electron chi connectivity index (χ4n) is 2.13. The number of halogens is 2. The van der Waals surface area contributed by atoms with E-state index in [1.165, 1.54) is 0 Å². The monoisotopic (exact) mass is 368 g/mol. The van der Waals surface area contributed by atoms with E-state index in [-0.39, 0.29) is 0 Å². The standard InChI is InChI=1S/C14H10BrClN2OS/c1-19-13-5-3-9(7-10(13)16)18-12-4-2-8(15)6-11(12)17-14(18)20/h2-7H,1H3,(H,17,20). The number of ether oxygens (including phenoxy) is 1. The van der Waals surface area contributed by atoms with Crippen molar-refractivity contribution in [1.82, 2.24) is 9.55 Å². The van der Waals surface area contributed by atoms with Gasteiger partial charge in [0.05, 0.1) is 28.9 Å². The molecule has 1 aromatic heterocycles.